The van der Waals surface area contributed by atoms with Crippen molar-refractivity contribution in [2.24, 2.45) is 0 Å². The maximum Gasteiger partial charge on any atom is 0.270 e. The van der Waals surface area contributed by atoms with Crippen molar-refractivity contribution in [3.63, 3.8) is 0 Å². The Kier molecular flexibility index (Phi) is 6.41. The number of nitrogens with zero attached hydrogens (tertiary/aromatic N) is 2. The summed E-state index contributed by atoms with van der Waals surface area (Å²) in [6.07, 6.45) is 0.790. The monoisotopic (exact) mass is 396 g/mol. The van der Waals surface area contributed by atoms with E-state index in [9.17, 15) is 14.9 Å². The normalized spacial score (nSPS) is 10.3. The number of carbonyl (C=O) groups excluding carboxylic acids is 1. The van der Waals surface area contributed by atoms with Crippen LogP contribution in [0.25, 0.3) is 11.3 Å². The number of thioether (sulfide) groups is 1. The molecule has 3 rings (SSSR count). The van der Waals surface area contributed by atoms with Crippen LogP contribution in [0.2, 0.25) is 0 Å². The summed E-state index contributed by atoms with van der Waals surface area (Å²) >= 11 is 2.79. The zero-order chi connectivity index (χ0) is 19.1. The van der Waals surface area contributed by atoms with Crippen molar-refractivity contribution in [1.29, 1.82) is 5.26 Å². The SMILES string of the molecule is N#Cc1c(-c2ccccc2)nc(SCC(=O)NCCc2cccs2)[nH]c1=O. The number of benzene rings is 1. The highest BCUT2D eigenvalue weighted by Gasteiger charge is 2.14. The number of hydrogen-bond acceptors (Lipinski definition) is 6. The minimum absolute atomic E-state index is 0.0362. The third kappa shape index (κ3) is 5.06. The lowest BCUT2D eigenvalue weighted by atomic mass is 10.1. The molecular weight excluding hydrogens is 380 g/mol. The summed E-state index contributed by atoms with van der Waals surface area (Å²) in [6.45, 7) is 0.562. The number of amides is 1. The Hall–Kier alpha value is -2.89. The van der Waals surface area contributed by atoms with Gasteiger partial charge < -0.3 is 10.3 Å². The highest BCUT2D eigenvalue weighted by Crippen LogP contribution is 2.21. The molecule has 0 bridgehead atoms. The summed E-state index contributed by atoms with van der Waals surface area (Å²) in [6, 6.07) is 15.0. The quantitative estimate of drug-likeness (QED) is 0.473. The maximum atomic E-state index is 12.2. The fourth-order valence-corrected chi connectivity index (χ4v) is 3.79. The summed E-state index contributed by atoms with van der Waals surface area (Å²) in [5, 5.41) is 14.4. The van der Waals surface area contributed by atoms with Crippen LogP contribution in [0.15, 0.2) is 57.8 Å². The van der Waals surface area contributed by atoms with Crippen LogP contribution in [-0.4, -0.2) is 28.2 Å². The highest BCUT2D eigenvalue weighted by molar-refractivity contribution is 7.99. The topological polar surface area (TPSA) is 98.6 Å². The smallest absolute Gasteiger partial charge is 0.270 e. The Morgan fingerprint density at radius 1 is 1.26 bits per heavy atom. The van der Waals surface area contributed by atoms with Gasteiger partial charge in [-0.1, -0.05) is 48.2 Å². The Morgan fingerprint density at radius 3 is 2.78 bits per heavy atom. The Bertz CT molecular complexity index is 1010. The van der Waals surface area contributed by atoms with Crippen LogP contribution in [0.1, 0.15) is 10.4 Å². The molecule has 2 aromatic heterocycles. The molecular formula is C19H16N4O2S2. The lowest BCUT2D eigenvalue weighted by Crippen LogP contribution is -2.27. The van der Waals surface area contributed by atoms with Crippen LogP contribution >= 0.6 is 23.1 Å². The van der Waals surface area contributed by atoms with E-state index in [0.29, 0.717) is 23.0 Å². The zero-order valence-electron chi connectivity index (χ0n) is 14.3. The van der Waals surface area contributed by atoms with E-state index in [4.69, 9.17) is 0 Å². The first-order chi connectivity index (χ1) is 13.2. The minimum atomic E-state index is -0.507. The molecule has 8 heteroatoms. The molecule has 6 nitrogen and oxygen atoms in total. The molecule has 0 saturated heterocycles. The predicted molar refractivity (Wildman–Crippen MR) is 107 cm³/mol. The van der Waals surface area contributed by atoms with Crippen molar-refractivity contribution in [2.75, 3.05) is 12.3 Å². The Morgan fingerprint density at radius 2 is 2.07 bits per heavy atom. The first kappa shape index (κ1) is 18.9. The molecule has 136 valence electrons. The summed E-state index contributed by atoms with van der Waals surface area (Å²) < 4.78 is 0. The first-order valence-corrected chi connectivity index (χ1v) is 10.1. The molecule has 1 aromatic carbocycles. The van der Waals surface area contributed by atoms with Crippen molar-refractivity contribution < 1.29 is 4.79 Å². The number of thiophene rings is 1. The third-order valence-corrected chi connectivity index (χ3v) is 5.48. The number of hydrogen-bond donors (Lipinski definition) is 2. The van der Waals surface area contributed by atoms with Gasteiger partial charge in [0.25, 0.3) is 5.56 Å². The largest absolute Gasteiger partial charge is 0.355 e. The van der Waals surface area contributed by atoms with E-state index in [2.05, 4.69) is 15.3 Å². The van der Waals surface area contributed by atoms with E-state index in [1.807, 2.05) is 41.8 Å². The number of nitriles is 1. The standard InChI is InChI=1S/C19H16N4O2S2/c20-11-15-17(13-5-2-1-3-6-13)22-19(23-18(15)25)27-12-16(24)21-9-8-14-7-4-10-26-14/h1-7,10H,8-9,12H2,(H,21,24)(H,22,23,25). The van der Waals surface area contributed by atoms with Gasteiger partial charge in [0.1, 0.15) is 11.6 Å². The van der Waals surface area contributed by atoms with Gasteiger partial charge >= 0.3 is 0 Å². The second-order valence-electron chi connectivity index (χ2n) is 5.54. The van der Waals surface area contributed by atoms with Crippen LogP contribution in [0.5, 0.6) is 0 Å². The number of nitrogens with one attached hydrogen (secondary N) is 2. The lowest BCUT2D eigenvalue weighted by Gasteiger charge is -2.07. The van der Waals surface area contributed by atoms with Gasteiger partial charge in [-0.3, -0.25) is 9.59 Å². The maximum absolute atomic E-state index is 12.2. The number of carbonyl (C=O) groups is 1. The van der Waals surface area contributed by atoms with Crippen LogP contribution < -0.4 is 10.9 Å². The van der Waals surface area contributed by atoms with Gasteiger partial charge in [-0.05, 0) is 17.9 Å². The van der Waals surface area contributed by atoms with Crippen molar-refractivity contribution in [3.05, 3.63) is 68.6 Å². The molecule has 1 amide bonds. The van der Waals surface area contributed by atoms with Gasteiger partial charge in [-0.15, -0.1) is 11.3 Å². The molecule has 0 unspecified atom stereocenters. The van der Waals surface area contributed by atoms with Crippen LogP contribution in [-0.2, 0) is 11.2 Å². The van der Waals surface area contributed by atoms with Gasteiger partial charge in [0, 0.05) is 17.0 Å². The average Bonchev–Trinajstić information content (AvgIpc) is 3.20. The van der Waals surface area contributed by atoms with E-state index < -0.39 is 5.56 Å². The molecule has 0 aliphatic carbocycles. The fraction of sp³-hybridized carbons (Fsp3) is 0.158. The van der Waals surface area contributed by atoms with Crippen LogP contribution in [0.4, 0.5) is 0 Å². The molecule has 2 N–H and O–H groups in total. The molecule has 3 aromatic rings. The van der Waals surface area contributed by atoms with Gasteiger partial charge in [0.2, 0.25) is 5.91 Å². The van der Waals surface area contributed by atoms with Crippen molar-refractivity contribution in [2.45, 2.75) is 11.6 Å². The third-order valence-electron chi connectivity index (χ3n) is 3.67. The summed E-state index contributed by atoms with van der Waals surface area (Å²) in [5.74, 6) is -0.00197. The molecule has 2 heterocycles. The second kappa shape index (κ2) is 9.16. The van der Waals surface area contributed by atoms with Crippen LogP contribution in [0, 0.1) is 11.3 Å². The Balaban J connectivity index is 1.65. The van der Waals surface area contributed by atoms with Gasteiger partial charge in [-0.25, -0.2) is 4.98 Å². The van der Waals surface area contributed by atoms with Crippen molar-refractivity contribution in [1.82, 2.24) is 15.3 Å². The molecule has 0 aliphatic rings. The molecule has 27 heavy (non-hydrogen) atoms. The average molecular weight is 396 g/mol. The first-order valence-electron chi connectivity index (χ1n) is 8.19. The molecule has 0 radical (unpaired) electrons. The highest BCUT2D eigenvalue weighted by atomic mass is 32.2. The van der Waals surface area contributed by atoms with Crippen molar-refractivity contribution in [3.8, 4) is 17.3 Å². The lowest BCUT2D eigenvalue weighted by molar-refractivity contribution is -0.118. The van der Waals surface area contributed by atoms with Gasteiger partial charge in [0.05, 0.1) is 11.4 Å². The molecule has 0 spiro atoms. The summed E-state index contributed by atoms with van der Waals surface area (Å²) in [7, 11) is 0. The minimum Gasteiger partial charge on any atom is -0.355 e. The van der Waals surface area contributed by atoms with E-state index >= 15 is 0 Å². The molecule has 0 saturated carbocycles. The van der Waals surface area contributed by atoms with Crippen molar-refractivity contribution >= 4 is 29.0 Å². The summed E-state index contributed by atoms with van der Waals surface area (Å²) in [5.41, 5.74) is 0.461. The van der Waals surface area contributed by atoms with E-state index in [-0.39, 0.29) is 17.2 Å². The number of aromatic amines is 1. The number of aromatic nitrogens is 2. The molecule has 0 atom stereocenters. The summed E-state index contributed by atoms with van der Waals surface area (Å²) in [4.78, 5) is 32.3. The Labute approximate surface area is 164 Å². The molecule has 0 fully saturated rings. The van der Waals surface area contributed by atoms with Gasteiger partial charge in [0.15, 0.2) is 5.16 Å². The molecule has 0 aliphatic heterocycles. The second-order valence-corrected chi connectivity index (χ2v) is 7.54. The van der Waals surface area contributed by atoms with E-state index in [0.717, 1.165) is 18.2 Å². The fourth-order valence-electron chi connectivity index (χ4n) is 2.39. The van der Waals surface area contributed by atoms with E-state index in [1.165, 1.54) is 4.88 Å². The predicted octanol–water partition coefficient (Wildman–Crippen LogP) is 2.82. The van der Waals surface area contributed by atoms with Gasteiger partial charge in [-0.2, -0.15) is 5.26 Å². The zero-order valence-corrected chi connectivity index (χ0v) is 15.9. The van der Waals surface area contributed by atoms with E-state index in [1.54, 1.807) is 23.5 Å². The van der Waals surface area contributed by atoms with Crippen LogP contribution in [0.3, 0.4) is 0 Å². The number of H-pyrrole nitrogens is 1. The number of rotatable bonds is 7.